The summed E-state index contributed by atoms with van der Waals surface area (Å²) in [5.74, 6) is -0.0616. The Hall–Kier alpha value is -1.92. The lowest BCUT2D eigenvalue weighted by Gasteiger charge is -2.20. The van der Waals surface area contributed by atoms with Crippen molar-refractivity contribution in [3.05, 3.63) is 36.5 Å². The molecular weight excluding hydrogens is 911 g/mol. The van der Waals surface area contributed by atoms with Gasteiger partial charge in [-0.3, -0.25) is 9.59 Å². The standard InChI is InChI=1S/C68H129NO5/c1-3-5-7-9-11-13-15-17-19-34-38-42-46-50-54-58-62-68(73)74-63-59-55-51-47-43-39-35-31-29-27-25-23-21-20-22-24-26-28-30-33-37-41-45-49-53-57-61-67(72)69-65(64-70)66(71)60-56-52-48-44-40-36-32-18-16-14-12-10-8-6-4-2/h19-20,22,34,56,60,65-66,70-71H,3-18,21,23-33,35-55,57-59,61-64H2,1-2H3,(H,69,72)/b22-20-,34-19-,60-56+. The van der Waals surface area contributed by atoms with E-state index in [2.05, 4.69) is 43.5 Å². The second kappa shape index (κ2) is 63.6. The maximum absolute atomic E-state index is 12.5. The van der Waals surface area contributed by atoms with Gasteiger partial charge in [-0.25, -0.2) is 0 Å². The van der Waals surface area contributed by atoms with E-state index >= 15 is 0 Å². The highest BCUT2D eigenvalue weighted by atomic mass is 16.5. The molecule has 0 aromatic carbocycles. The third kappa shape index (κ3) is 59.3. The van der Waals surface area contributed by atoms with Crippen molar-refractivity contribution in [1.82, 2.24) is 5.32 Å². The fourth-order valence-electron chi connectivity index (χ4n) is 10.3. The molecule has 0 spiro atoms. The SMILES string of the molecule is CCCCCCCCC/C=C\CCCCCCCC(=O)OCCCCCCCCCCCCCC/C=C\CCCCCCCCCCCCC(=O)NC(CO)C(O)/C=C/CCCCCCCCCCCCCCC. The number of esters is 1. The molecule has 0 aromatic rings. The lowest BCUT2D eigenvalue weighted by atomic mass is 10.0. The van der Waals surface area contributed by atoms with Crippen molar-refractivity contribution in [3.8, 4) is 0 Å². The average Bonchev–Trinajstić information content (AvgIpc) is 3.40. The normalized spacial score (nSPS) is 12.8. The maximum Gasteiger partial charge on any atom is 0.305 e. The number of carbonyl (C=O) groups excluding carboxylic acids is 2. The Labute approximate surface area is 462 Å². The average molecular weight is 1040 g/mol. The number of nitrogens with one attached hydrogen (secondary N) is 1. The minimum Gasteiger partial charge on any atom is -0.466 e. The van der Waals surface area contributed by atoms with Gasteiger partial charge in [0.25, 0.3) is 0 Å². The molecule has 0 heterocycles. The molecule has 436 valence electrons. The molecule has 0 aromatic heterocycles. The van der Waals surface area contributed by atoms with E-state index in [1.54, 1.807) is 6.08 Å². The van der Waals surface area contributed by atoms with E-state index in [1.807, 2.05) is 6.08 Å². The highest BCUT2D eigenvalue weighted by molar-refractivity contribution is 5.76. The van der Waals surface area contributed by atoms with Crippen LogP contribution in [0.3, 0.4) is 0 Å². The van der Waals surface area contributed by atoms with Crippen LogP contribution in [-0.2, 0) is 14.3 Å². The molecule has 0 aliphatic rings. The first-order valence-corrected chi connectivity index (χ1v) is 33.3. The molecule has 6 heteroatoms. The van der Waals surface area contributed by atoms with Crippen LogP contribution in [0.15, 0.2) is 36.5 Å². The zero-order valence-corrected chi connectivity index (χ0v) is 49.8. The first-order chi connectivity index (χ1) is 36.5. The van der Waals surface area contributed by atoms with E-state index in [0.29, 0.717) is 19.4 Å². The van der Waals surface area contributed by atoms with Crippen LogP contribution in [0.2, 0.25) is 0 Å². The quantitative estimate of drug-likeness (QED) is 0.0320. The Kier molecular flexibility index (Phi) is 62.0. The summed E-state index contributed by atoms with van der Waals surface area (Å²) >= 11 is 0. The van der Waals surface area contributed by atoms with Gasteiger partial charge in [0.05, 0.1) is 25.4 Å². The zero-order valence-electron chi connectivity index (χ0n) is 49.8. The van der Waals surface area contributed by atoms with Crippen LogP contribution in [0.5, 0.6) is 0 Å². The first kappa shape index (κ1) is 72.1. The van der Waals surface area contributed by atoms with E-state index in [1.165, 1.54) is 289 Å². The summed E-state index contributed by atoms with van der Waals surface area (Å²) in [7, 11) is 0. The third-order valence-electron chi connectivity index (χ3n) is 15.4. The summed E-state index contributed by atoms with van der Waals surface area (Å²) < 4.78 is 5.49. The molecule has 74 heavy (non-hydrogen) atoms. The van der Waals surface area contributed by atoms with E-state index < -0.39 is 12.1 Å². The number of ether oxygens (including phenoxy) is 1. The third-order valence-corrected chi connectivity index (χ3v) is 15.4. The highest BCUT2D eigenvalue weighted by Crippen LogP contribution is 2.17. The minimum atomic E-state index is -0.846. The fourth-order valence-corrected chi connectivity index (χ4v) is 10.3. The fraction of sp³-hybridized carbons (Fsp3) is 0.882. The van der Waals surface area contributed by atoms with Gasteiger partial charge in [-0.05, 0) is 83.5 Å². The molecule has 2 atom stereocenters. The van der Waals surface area contributed by atoms with Crippen molar-refractivity contribution in [2.24, 2.45) is 0 Å². The summed E-state index contributed by atoms with van der Waals surface area (Å²) in [6.07, 6.45) is 80.6. The van der Waals surface area contributed by atoms with Gasteiger partial charge in [-0.2, -0.15) is 0 Å². The molecule has 0 bridgehead atoms. The van der Waals surface area contributed by atoms with Crippen molar-refractivity contribution in [3.63, 3.8) is 0 Å². The number of allylic oxidation sites excluding steroid dienone is 5. The number of hydrogen-bond donors (Lipinski definition) is 3. The van der Waals surface area contributed by atoms with Gasteiger partial charge in [0, 0.05) is 12.8 Å². The van der Waals surface area contributed by atoms with Gasteiger partial charge < -0.3 is 20.3 Å². The predicted octanol–water partition coefficient (Wildman–Crippen LogP) is 21.1. The first-order valence-electron chi connectivity index (χ1n) is 33.3. The van der Waals surface area contributed by atoms with E-state index in [4.69, 9.17) is 4.74 Å². The Bertz CT molecular complexity index is 1200. The molecule has 0 rings (SSSR count). The lowest BCUT2D eigenvalue weighted by Crippen LogP contribution is -2.45. The van der Waals surface area contributed by atoms with Crippen LogP contribution in [-0.4, -0.2) is 47.4 Å². The molecule has 0 radical (unpaired) electrons. The Morgan fingerprint density at radius 3 is 0.959 bits per heavy atom. The molecule has 0 aliphatic carbocycles. The van der Waals surface area contributed by atoms with Crippen LogP contribution < -0.4 is 5.32 Å². The number of carbonyl (C=O) groups is 2. The topological polar surface area (TPSA) is 95.9 Å². The lowest BCUT2D eigenvalue weighted by molar-refractivity contribution is -0.143. The Morgan fingerprint density at radius 1 is 0.365 bits per heavy atom. The van der Waals surface area contributed by atoms with Gasteiger partial charge >= 0.3 is 5.97 Å². The zero-order chi connectivity index (χ0) is 53.6. The van der Waals surface area contributed by atoms with Crippen LogP contribution in [0.1, 0.15) is 361 Å². The minimum absolute atomic E-state index is 0.00672. The molecule has 1 amide bonds. The number of rotatable bonds is 62. The molecule has 3 N–H and O–H groups in total. The van der Waals surface area contributed by atoms with Crippen molar-refractivity contribution in [1.29, 1.82) is 0 Å². The van der Waals surface area contributed by atoms with Crippen LogP contribution >= 0.6 is 0 Å². The summed E-state index contributed by atoms with van der Waals surface area (Å²) in [6.45, 7) is 4.92. The molecule has 6 nitrogen and oxygen atoms in total. The van der Waals surface area contributed by atoms with Gasteiger partial charge in [-0.1, -0.05) is 301 Å². The maximum atomic E-state index is 12.5. The second-order valence-corrected chi connectivity index (χ2v) is 22.8. The molecular formula is C68H129NO5. The smallest absolute Gasteiger partial charge is 0.305 e. The number of unbranched alkanes of at least 4 members (excludes halogenated alkanes) is 47. The van der Waals surface area contributed by atoms with Crippen molar-refractivity contribution >= 4 is 11.9 Å². The van der Waals surface area contributed by atoms with Gasteiger partial charge in [0.1, 0.15) is 0 Å². The number of amides is 1. The summed E-state index contributed by atoms with van der Waals surface area (Å²) in [4.78, 5) is 24.5. The van der Waals surface area contributed by atoms with Crippen LogP contribution in [0, 0.1) is 0 Å². The Morgan fingerprint density at radius 2 is 0.635 bits per heavy atom. The van der Waals surface area contributed by atoms with E-state index in [0.717, 1.165) is 44.9 Å². The highest BCUT2D eigenvalue weighted by Gasteiger charge is 2.18. The van der Waals surface area contributed by atoms with Crippen molar-refractivity contribution < 1.29 is 24.5 Å². The largest absolute Gasteiger partial charge is 0.466 e. The predicted molar refractivity (Wildman–Crippen MR) is 324 cm³/mol. The molecule has 0 saturated carbocycles. The van der Waals surface area contributed by atoms with Crippen LogP contribution in [0.4, 0.5) is 0 Å². The van der Waals surface area contributed by atoms with Crippen molar-refractivity contribution in [2.75, 3.05) is 13.2 Å². The van der Waals surface area contributed by atoms with E-state index in [9.17, 15) is 19.8 Å². The number of aliphatic hydroxyl groups excluding tert-OH is 2. The summed E-state index contributed by atoms with van der Waals surface area (Å²) in [5, 5.41) is 23.1. The molecule has 0 fully saturated rings. The second-order valence-electron chi connectivity index (χ2n) is 22.8. The number of aliphatic hydroxyl groups is 2. The summed E-state index contributed by atoms with van der Waals surface area (Å²) in [6, 6.07) is -0.629. The van der Waals surface area contributed by atoms with Gasteiger partial charge in [0.15, 0.2) is 0 Å². The molecule has 0 saturated heterocycles. The van der Waals surface area contributed by atoms with Gasteiger partial charge in [0.2, 0.25) is 5.91 Å². The van der Waals surface area contributed by atoms with Crippen LogP contribution in [0.25, 0.3) is 0 Å². The van der Waals surface area contributed by atoms with Crippen molar-refractivity contribution in [2.45, 2.75) is 373 Å². The van der Waals surface area contributed by atoms with E-state index in [-0.39, 0.29) is 18.5 Å². The summed E-state index contributed by atoms with van der Waals surface area (Å²) in [5.41, 5.74) is 0. The monoisotopic (exact) mass is 1040 g/mol. The number of hydrogen-bond acceptors (Lipinski definition) is 5. The Balaban J connectivity index is 3.40. The molecule has 2 unspecified atom stereocenters. The van der Waals surface area contributed by atoms with Gasteiger partial charge in [-0.15, -0.1) is 0 Å². The molecule has 0 aliphatic heterocycles.